The highest BCUT2D eigenvalue weighted by Gasteiger charge is 2.20. The van der Waals surface area contributed by atoms with Gasteiger partial charge in [0.05, 0.1) is 0 Å². The van der Waals surface area contributed by atoms with Gasteiger partial charge in [-0.2, -0.15) is 0 Å². The van der Waals surface area contributed by atoms with Gasteiger partial charge in [-0.15, -0.1) is 10.2 Å². The quantitative estimate of drug-likeness (QED) is 0.690. The summed E-state index contributed by atoms with van der Waals surface area (Å²) in [6.45, 7) is 5.96. The van der Waals surface area contributed by atoms with Crippen molar-refractivity contribution in [2.24, 2.45) is 0 Å². The Kier molecular flexibility index (Phi) is 5.63. The van der Waals surface area contributed by atoms with Crippen molar-refractivity contribution >= 4 is 22.4 Å². The minimum absolute atomic E-state index is 0.223. The number of aromatic nitrogens is 2. The largest absolute Gasteiger partial charge is 0.481 e. The van der Waals surface area contributed by atoms with E-state index < -0.39 is 6.10 Å². The van der Waals surface area contributed by atoms with E-state index in [0.29, 0.717) is 17.3 Å². The van der Waals surface area contributed by atoms with Gasteiger partial charge >= 0.3 is 0 Å². The summed E-state index contributed by atoms with van der Waals surface area (Å²) in [5, 5.41) is 12.3. The molecule has 1 heterocycles. The van der Waals surface area contributed by atoms with Crippen LogP contribution in [0.15, 0.2) is 48.5 Å². The van der Waals surface area contributed by atoms with E-state index in [4.69, 9.17) is 4.74 Å². The molecule has 2 aromatic carbocycles. The fraction of sp³-hybridized carbons (Fsp3) is 0.250. The fourth-order valence-corrected chi connectivity index (χ4v) is 3.13. The van der Waals surface area contributed by atoms with Crippen molar-refractivity contribution < 1.29 is 9.53 Å². The molecule has 3 aromatic rings. The zero-order valence-corrected chi connectivity index (χ0v) is 15.8. The van der Waals surface area contributed by atoms with Gasteiger partial charge in [0.15, 0.2) is 6.10 Å². The molecule has 0 aliphatic carbocycles. The summed E-state index contributed by atoms with van der Waals surface area (Å²) in [7, 11) is 0. The van der Waals surface area contributed by atoms with Crippen LogP contribution in [0, 0.1) is 13.8 Å². The number of amides is 1. The first-order valence-electron chi connectivity index (χ1n) is 8.50. The zero-order valence-electron chi connectivity index (χ0n) is 15.0. The second-order valence-electron chi connectivity index (χ2n) is 6.10. The number of hydrogen-bond acceptors (Lipinski definition) is 5. The van der Waals surface area contributed by atoms with Gasteiger partial charge in [-0.1, -0.05) is 65.8 Å². The average molecular weight is 367 g/mol. The second-order valence-corrected chi connectivity index (χ2v) is 7.07. The highest BCUT2D eigenvalue weighted by molar-refractivity contribution is 7.18. The van der Waals surface area contributed by atoms with Crippen molar-refractivity contribution in [1.82, 2.24) is 10.2 Å². The van der Waals surface area contributed by atoms with E-state index in [9.17, 15) is 4.79 Å². The zero-order chi connectivity index (χ0) is 18.5. The van der Waals surface area contributed by atoms with Crippen LogP contribution in [0.3, 0.4) is 0 Å². The third-order valence-corrected chi connectivity index (χ3v) is 4.80. The molecular formula is C20H21N3O2S. The Bertz CT molecular complexity index is 873. The Morgan fingerprint density at radius 3 is 2.27 bits per heavy atom. The number of anilines is 1. The number of ether oxygens (including phenoxy) is 1. The third-order valence-electron chi connectivity index (χ3n) is 3.92. The van der Waals surface area contributed by atoms with Gasteiger partial charge in [0.25, 0.3) is 5.91 Å². The van der Waals surface area contributed by atoms with E-state index in [0.717, 1.165) is 16.1 Å². The van der Waals surface area contributed by atoms with Crippen LogP contribution in [0.2, 0.25) is 0 Å². The number of aryl methyl sites for hydroxylation is 2. The van der Waals surface area contributed by atoms with Gasteiger partial charge in [-0.05, 0) is 32.4 Å². The summed E-state index contributed by atoms with van der Waals surface area (Å²) in [5.74, 6) is 0.454. The van der Waals surface area contributed by atoms with Crippen molar-refractivity contribution in [1.29, 1.82) is 0 Å². The molecule has 0 aliphatic heterocycles. The van der Waals surface area contributed by atoms with Gasteiger partial charge < -0.3 is 4.74 Å². The van der Waals surface area contributed by atoms with E-state index in [-0.39, 0.29) is 5.91 Å². The van der Waals surface area contributed by atoms with Gasteiger partial charge in [0.2, 0.25) is 5.13 Å². The lowest BCUT2D eigenvalue weighted by molar-refractivity contribution is -0.122. The molecule has 1 N–H and O–H groups in total. The molecule has 6 heteroatoms. The minimum Gasteiger partial charge on any atom is -0.481 e. The number of rotatable bonds is 6. The third kappa shape index (κ3) is 4.46. The number of nitrogens with one attached hydrogen (secondary N) is 1. The van der Waals surface area contributed by atoms with E-state index in [1.54, 1.807) is 0 Å². The van der Waals surface area contributed by atoms with Crippen molar-refractivity contribution in [3.63, 3.8) is 0 Å². The summed E-state index contributed by atoms with van der Waals surface area (Å²) >= 11 is 1.35. The van der Waals surface area contributed by atoms with Crippen LogP contribution in [0.25, 0.3) is 10.6 Å². The lowest BCUT2D eigenvalue weighted by Gasteiger charge is -2.16. The van der Waals surface area contributed by atoms with E-state index in [1.807, 2.05) is 69.3 Å². The molecule has 5 nitrogen and oxygen atoms in total. The van der Waals surface area contributed by atoms with Crippen molar-refractivity contribution in [2.75, 3.05) is 5.32 Å². The molecule has 1 amide bonds. The number of nitrogens with zero attached hydrogens (tertiary/aromatic N) is 2. The Balaban J connectivity index is 1.66. The number of hydrogen-bond donors (Lipinski definition) is 1. The highest BCUT2D eigenvalue weighted by atomic mass is 32.1. The van der Waals surface area contributed by atoms with Gasteiger partial charge in [-0.3, -0.25) is 10.1 Å². The molecule has 134 valence electrons. The number of carbonyl (C=O) groups excluding carboxylic acids is 1. The molecule has 0 spiro atoms. The molecule has 26 heavy (non-hydrogen) atoms. The standard InChI is InChI=1S/C20H21N3O2S/c1-4-17(25-16-11-7-14(3)8-12-16)18(24)21-20-23-22-19(26-20)15-9-5-13(2)6-10-15/h5-12,17H,4H2,1-3H3,(H,21,23,24)/t17-/m1/s1. The Labute approximate surface area is 157 Å². The molecule has 1 atom stereocenters. The summed E-state index contributed by atoms with van der Waals surface area (Å²) in [6, 6.07) is 15.7. The second kappa shape index (κ2) is 8.10. The first kappa shape index (κ1) is 18.1. The SMILES string of the molecule is CC[C@@H](Oc1ccc(C)cc1)C(=O)Nc1nnc(-c2ccc(C)cc2)s1. The summed E-state index contributed by atoms with van der Waals surface area (Å²) in [4.78, 5) is 12.5. The monoisotopic (exact) mass is 367 g/mol. The van der Waals surface area contributed by atoms with Crippen LogP contribution in [0.1, 0.15) is 24.5 Å². The van der Waals surface area contributed by atoms with Crippen LogP contribution >= 0.6 is 11.3 Å². The molecule has 0 unspecified atom stereocenters. The van der Waals surface area contributed by atoms with Gasteiger partial charge in [0.1, 0.15) is 10.8 Å². The molecule has 0 aliphatic rings. The van der Waals surface area contributed by atoms with Crippen molar-refractivity contribution in [2.45, 2.75) is 33.3 Å². The van der Waals surface area contributed by atoms with Crippen LogP contribution in [-0.2, 0) is 4.79 Å². The molecular weight excluding hydrogens is 346 g/mol. The van der Waals surface area contributed by atoms with E-state index >= 15 is 0 Å². The summed E-state index contributed by atoms with van der Waals surface area (Å²) in [5.41, 5.74) is 3.31. The topological polar surface area (TPSA) is 64.1 Å². The predicted octanol–water partition coefficient (Wildman–Crippen LogP) is 4.62. The average Bonchev–Trinajstić information content (AvgIpc) is 3.10. The molecule has 0 bridgehead atoms. The maximum Gasteiger partial charge on any atom is 0.267 e. The van der Waals surface area contributed by atoms with Crippen LogP contribution in [0.5, 0.6) is 5.75 Å². The number of carbonyl (C=O) groups is 1. The Morgan fingerprint density at radius 1 is 1.04 bits per heavy atom. The van der Waals surface area contributed by atoms with E-state index in [1.165, 1.54) is 16.9 Å². The minimum atomic E-state index is -0.579. The maximum atomic E-state index is 12.5. The van der Waals surface area contributed by atoms with Crippen LogP contribution < -0.4 is 10.1 Å². The summed E-state index contributed by atoms with van der Waals surface area (Å²) in [6.07, 6.45) is -0.0204. The molecule has 1 aromatic heterocycles. The first-order chi connectivity index (χ1) is 12.5. The smallest absolute Gasteiger partial charge is 0.267 e. The maximum absolute atomic E-state index is 12.5. The molecule has 0 saturated carbocycles. The first-order valence-corrected chi connectivity index (χ1v) is 9.31. The molecule has 0 fully saturated rings. The Morgan fingerprint density at radius 2 is 1.65 bits per heavy atom. The fourth-order valence-electron chi connectivity index (χ4n) is 2.38. The van der Waals surface area contributed by atoms with E-state index in [2.05, 4.69) is 15.5 Å². The Hall–Kier alpha value is -2.73. The van der Waals surface area contributed by atoms with Crippen molar-refractivity contribution in [3.8, 4) is 16.3 Å². The highest BCUT2D eigenvalue weighted by Crippen LogP contribution is 2.26. The number of benzene rings is 2. The summed E-state index contributed by atoms with van der Waals surface area (Å²) < 4.78 is 5.80. The van der Waals surface area contributed by atoms with Crippen LogP contribution in [-0.4, -0.2) is 22.2 Å². The lowest BCUT2D eigenvalue weighted by Crippen LogP contribution is -2.32. The molecule has 3 rings (SSSR count). The van der Waals surface area contributed by atoms with Crippen LogP contribution in [0.4, 0.5) is 5.13 Å². The molecule has 0 radical (unpaired) electrons. The van der Waals surface area contributed by atoms with Crippen molar-refractivity contribution in [3.05, 3.63) is 59.7 Å². The predicted molar refractivity (Wildman–Crippen MR) is 105 cm³/mol. The lowest BCUT2D eigenvalue weighted by atomic mass is 10.2. The normalized spacial score (nSPS) is 11.8. The molecule has 0 saturated heterocycles. The van der Waals surface area contributed by atoms with Gasteiger partial charge in [0, 0.05) is 5.56 Å². The van der Waals surface area contributed by atoms with Gasteiger partial charge in [-0.25, -0.2) is 0 Å².